The SMILES string of the molecule is CCCc1nc2c(c(C)c(C)n2CCc2ccccc2)c(=O)o1. The van der Waals surface area contributed by atoms with E-state index in [9.17, 15) is 4.79 Å². The highest BCUT2D eigenvalue weighted by Crippen LogP contribution is 2.22. The van der Waals surface area contributed by atoms with E-state index in [-0.39, 0.29) is 5.63 Å². The average Bonchev–Trinajstić information content (AvgIpc) is 2.78. The molecule has 0 aliphatic rings. The largest absolute Gasteiger partial charge is 0.408 e. The summed E-state index contributed by atoms with van der Waals surface area (Å²) in [5.74, 6) is 0.531. The first kappa shape index (κ1) is 15.5. The molecule has 3 aromatic rings. The van der Waals surface area contributed by atoms with Crippen LogP contribution in [0.5, 0.6) is 0 Å². The number of nitrogens with zero attached hydrogens (tertiary/aromatic N) is 2. The monoisotopic (exact) mass is 310 g/mol. The van der Waals surface area contributed by atoms with Crippen LogP contribution in [0.1, 0.15) is 36.1 Å². The molecule has 0 saturated heterocycles. The first-order valence-corrected chi connectivity index (χ1v) is 8.15. The molecule has 0 atom stereocenters. The molecule has 0 fully saturated rings. The number of hydrogen-bond donors (Lipinski definition) is 0. The van der Waals surface area contributed by atoms with Gasteiger partial charge in [0.15, 0.2) is 5.65 Å². The molecule has 0 bridgehead atoms. The zero-order valence-corrected chi connectivity index (χ0v) is 13.9. The van der Waals surface area contributed by atoms with E-state index < -0.39 is 0 Å². The van der Waals surface area contributed by atoms with E-state index in [1.807, 2.05) is 32.0 Å². The minimum absolute atomic E-state index is 0.266. The predicted molar refractivity (Wildman–Crippen MR) is 91.9 cm³/mol. The van der Waals surface area contributed by atoms with Crippen LogP contribution in [0.15, 0.2) is 39.5 Å². The Morgan fingerprint density at radius 1 is 1.13 bits per heavy atom. The van der Waals surface area contributed by atoms with E-state index in [1.165, 1.54) is 5.56 Å². The maximum Gasteiger partial charge on any atom is 0.348 e. The van der Waals surface area contributed by atoms with Crippen molar-refractivity contribution >= 4 is 11.0 Å². The van der Waals surface area contributed by atoms with E-state index in [2.05, 4.69) is 28.6 Å². The quantitative estimate of drug-likeness (QED) is 0.720. The van der Waals surface area contributed by atoms with Gasteiger partial charge >= 0.3 is 5.63 Å². The summed E-state index contributed by atoms with van der Waals surface area (Å²) in [5, 5.41) is 0.621. The Balaban J connectivity index is 2.04. The molecule has 0 N–H and O–H groups in total. The molecule has 4 heteroatoms. The molecule has 0 aliphatic heterocycles. The molecule has 120 valence electrons. The van der Waals surface area contributed by atoms with E-state index in [1.54, 1.807) is 0 Å². The molecule has 0 spiro atoms. The molecule has 0 radical (unpaired) electrons. The molecule has 1 aromatic carbocycles. The van der Waals surface area contributed by atoms with Crippen molar-refractivity contribution in [3.63, 3.8) is 0 Å². The Morgan fingerprint density at radius 2 is 1.87 bits per heavy atom. The molecule has 23 heavy (non-hydrogen) atoms. The van der Waals surface area contributed by atoms with E-state index in [0.717, 1.165) is 36.3 Å². The summed E-state index contributed by atoms with van der Waals surface area (Å²) in [5.41, 5.74) is 3.83. The van der Waals surface area contributed by atoms with Gasteiger partial charge in [-0.25, -0.2) is 4.79 Å². The summed E-state index contributed by atoms with van der Waals surface area (Å²) < 4.78 is 7.51. The fourth-order valence-electron chi connectivity index (χ4n) is 2.98. The van der Waals surface area contributed by atoms with Gasteiger partial charge in [0.25, 0.3) is 0 Å². The molecular formula is C19H22N2O2. The second-order valence-corrected chi connectivity index (χ2v) is 5.94. The van der Waals surface area contributed by atoms with Gasteiger partial charge in [-0.3, -0.25) is 0 Å². The zero-order chi connectivity index (χ0) is 16.4. The average molecular weight is 310 g/mol. The van der Waals surface area contributed by atoms with Crippen molar-refractivity contribution in [1.29, 1.82) is 0 Å². The lowest BCUT2D eigenvalue weighted by Gasteiger charge is -2.08. The first-order chi connectivity index (χ1) is 11.1. The number of benzene rings is 1. The lowest BCUT2D eigenvalue weighted by molar-refractivity contribution is 0.440. The van der Waals surface area contributed by atoms with Gasteiger partial charge in [-0.15, -0.1) is 0 Å². The van der Waals surface area contributed by atoms with Crippen LogP contribution in [-0.4, -0.2) is 9.55 Å². The standard InChI is InChI=1S/C19H22N2O2/c1-4-8-16-20-18-17(19(22)23-16)13(2)14(3)21(18)12-11-15-9-6-5-7-10-15/h5-7,9-10H,4,8,11-12H2,1-3H3. The van der Waals surface area contributed by atoms with Crippen molar-refractivity contribution in [1.82, 2.24) is 9.55 Å². The Bertz CT molecular complexity index is 876. The summed E-state index contributed by atoms with van der Waals surface area (Å²) in [4.78, 5) is 16.9. The fraction of sp³-hybridized carbons (Fsp3) is 0.368. The summed E-state index contributed by atoms with van der Waals surface area (Å²) in [6.45, 7) is 6.87. The maximum absolute atomic E-state index is 12.3. The second-order valence-electron chi connectivity index (χ2n) is 5.94. The second kappa shape index (κ2) is 6.41. The van der Waals surface area contributed by atoms with Crippen LogP contribution in [0.25, 0.3) is 11.0 Å². The Labute approximate surface area is 135 Å². The Morgan fingerprint density at radius 3 is 2.57 bits per heavy atom. The zero-order valence-electron chi connectivity index (χ0n) is 13.9. The normalized spacial score (nSPS) is 11.3. The molecule has 0 amide bonds. The van der Waals surface area contributed by atoms with E-state index >= 15 is 0 Å². The smallest absolute Gasteiger partial charge is 0.348 e. The van der Waals surface area contributed by atoms with Crippen LogP contribution >= 0.6 is 0 Å². The Hall–Kier alpha value is -2.36. The minimum atomic E-state index is -0.266. The van der Waals surface area contributed by atoms with Gasteiger partial charge in [0.2, 0.25) is 5.89 Å². The number of aromatic nitrogens is 2. The molecule has 0 unspecified atom stereocenters. The van der Waals surface area contributed by atoms with E-state index in [4.69, 9.17) is 4.42 Å². The van der Waals surface area contributed by atoms with Gasteiger partial charge in [-0.1, -0.05) is 37.3 Å². The third kappa shape index (κ3) is 2.93. The van der Waals surface area contributed by atoms with Crippen LogP contribution in [-0.2, 0) is 19.4 Å². The summed E-state index contributed by atoms with van der Waals surface area (Å²) in [6, 6.07) is 10.4. The summed E-state index contributed by atoms with van der Waals surface area (Å²) in [6.07, 6.45) is 2.51. The number of hydrogen-bond acceptors (Lipinski definition) is 3. The van der Waals surface area contributed by atoms with Gasteiger partial charge in [-0.05, 0) is 37.8 Å². The topological polar surface area (TPSA) is 48.0 Å². The van der Waals surface area contributed by atoms with Crippen molar-refractivity contribution in [3.8, 4) is 0 Å². The first-order valence-electron chi connectivity index (χ1n) is 8.15. The van der Waals surface area contributed by atoms with Crippen LogP contribution in [0.3, 0.4) is 0 Å². The molecule has 2 heterocycles. The van der Waals surface area contributed by atoms with Crippen LogP contribution in [0.2, 0.25) is 0 Å². The highest BCUT2D eigenvalue weighted by Gasteiger charge is 2.17. The van der Waals surface area contributed by atoms with Crippen molar-refractivity contribution < 1.29 is 4.42 Å². The molecule has 2 aromatic heterocycles. The van der Waals surface area contributed by atoms with Gasteiger partial charge in [-0.2, -0.15) is 4.98 Å². The lowest BCUT2D eigenvalue weighted by atomic mass is 10.1. The predicted octanol–water partition coefficient (Wildman–Crippen LogP) is 3.80. The fourth-order valence-corrected chi connectivity index (χ4v) is 2.98. The molecular weight excluding hydrogens is 288 g/mol. The maximum atomic E-state index is 12.3. The molecule has 0 saturated carbocycles. The number of rotatable bonds is 5. The lowest BCUT2D eigenvalue weighted by Crippen LogP contribution is -2.08. The summed E-state index contributed by atoms with van der Waals surface area (Å²) in [7, 11) is 0. The highest BCUT2D eigenvalue weighted by molar-refractivity contribution is 5.80. The van der Waals surface area contributed by atoms with Crippen molar-refractivity contribution in [2.75, 3.05) is 0 Å². The molecule has 4 nitrogen and oxygen atoms in total. The van der Waals surface area contributed by atoms with Gasteiger partial charge in [0, 0.05) is 18.7 Å². The van der Waals surface area contributed by atoms with Crippen molar-refractivity contribution in [2.45, 2.75) is 46.6 Å². The number of fused-ring (bicyclic) bond motifs is 1. The van der Waals surface area contributed by atoms with Gasteiger partial charge in [0.05, 0.1) is 0 Å². The van der Waals surface area contributed by atoms with Crippen molar-refractivity contribution in [3.05, 3.63) is 63.5 Å². The van der Waals surface area contributed by atoms with Crippen LogP contribution in [0, 0.1) is 13.8 Å². The van der Waals surface area contributed by atoms with Crippen LogP contribution < -0.4 is 5.63 Å². The van der Waals surface area contributed by atoms with Gasteiger partial charge in [0.1, 0.15) is 5.39 Å². The molecule has 0 aliphatic carbocycles. The Kier molecular flexibility index (Phi) is 4.33. The van der Waals surface area contributed by atoms with E-state index in [0.29, 0.717) is 17.7 Å². The van der Waals surface area contributed by atoms with Crippen LogP contribution in [0.4, 0.5) is 0 Å². The van der Waals surface area contributed by atoms with Gasteiger partial charge < -0.3 is 8.98 Å². The molecule has 3 rings (SSSR count). The third-order valence-electron chi connectivity index (χ3n) is 4.38. The third-order valence-corrected chi connectivity index (χ3v) is 4.38. The highest BCUT2D eigenvalue weighted by atomic mass is 16.4. The number of aryl methyl sites for hydroxylation is 4. The minimum Gasteiger partial charge on any atom is -0.408 e. The summed E-state index contributed by atoms with van der Waals surface area (Å²) >= 11 is 0. The van der Waals surface area contributed by atoms with Crippen molar-refractivity contribution in [2.24, 2.45) is 0 Å².